The van der Waals surface area contributed by atoms with Gasteiger partial charge < -0.3 is 15.4 Å². The van der Waals surface area contributed by atoms with E-state index in [-0.39, 0.29) is 11.6 Å². The van der Waals surface area contributed by atoms with Crippen molar-refractivity contribution in [2.75, 3.05) is 10.6 Å². The van der Waals surface area contributed by atoms with Gasteiger partial charge >= 0.3 is 18.2 Å². The Morgan fingerprint density at radius 2 is 1.73 bits per heavy atom. The van der Waals surface area contributed by atoms with Gasteiger partial charge in [-0.15, -0.1) is 5.10 Å². The van der Waals surface area contributed by atoms with Crippen LogP contribution < -0.4 is 15.4 Å². The third-order valence-corrected chi connectivity index (χ3v) is 5.20. The van der Waals surface area contributed by atoms with Crippen molar-refractivity contribution in [2.24, 2.45) is 0 Å². The van der Waals surface area contributed by atoms with E-state index in [4.69, 9.17) is 16.3 Å². The quantitative estimate of drug-likeness (QED) is 0.275. The first-order chi connectivity index (χ1) is 17.6. The summed E-state index contributed by atoms with van der Waals surface area (Å²) < 4.78 is 44.0. The molecule has 4 rings (SSSR count). The van der Waals surface area contributed by atoms with E-state index in [1.54, 1.807) is 42.6 Å². The van der Waals surface area contributed by atoms with Gasteiger partial charge in [-0.2, -0.15) is 13.2 Å². The van der Waals surface area contributed by atoms with E-state index in [1.807, 2.05) is 0 Å². The minimum Gasteiger partial charge on any atom is -0.406 e. The molecule has 13 heteroatoms. The van der Waals surface area contributed by atoms with Gasteiger partial charge in [0.05, 0.1) is 16.3 Å². The molecule has 0 aliphatic heterocycles. The average Bonchev–Trinajstić information content (AvgIpc) is 3.26. The van der Waals surface area contributed by atoms with Crippen LogP contribution in [0.4, 0.5) is 29.3 Å². The number of halogens is 4. The van der Waals surface area contributed by atoms with Gasteiger partial charge in [0.1, 0.15) is 0 Å². The summed E-state index contributed by atoms with van der Waals surface area (Å²) in [6, 6.07) is 12.3. The van der Waals surface area contributed by atoms with Crippen LogP contribution in [0.3, 0.4) is 0 Å². The van der Waals surface area contributed by atoms with E-state index >= 15 is 0 Å². The smallest absolute Gasteiger partial charge is 0.406 e. The summed E-state index contributed by atoms with van der Waals surface area (Å²) in [7, 11) is 0. The van der Waals surface area contributed by atoms with Crippen LogP contribution in [0.1, 0.15) is 23.9 Å². The lowest BCUT2D eigenvalue weighted by Crippen LogP contribution is -2.19. The van der Waals surface area contributed by atoms with Gasteiger partial charge in [0.25, 0.3) is 0 Å². The second-order valence-electron chi connectivity index (χ2n) is 7.72. The largest absolute Gasteiger partial charge is 0.417 e. The lowest BCUT2D eigenvalue weighted by atomic mass is 10.1. The number of benzene rings is 2. The molecule has 2 amide bonds. The Kier molecular flexibility index (Phi) is 7.39. The summed E-state index contributed by atoms with van der Waals surface area (Å²) in [5.41, 5.74) is 1.34. The maximum Gasteiger partial charge on any atom is 0.417 e. The van der Waals surface area contributed by atoms with E-state index in [0.29, 0.717) is 34.9 Å². The zero-order valence-electron chi connectivity index (χ0n) is 19.1. The number of anilines is 2. The SMILES string of the molecule is CC(=O)Oc1cc(Cc2ccnc(-c3ccc(NC(=O)Nc4ccc(Cl)c(C(F)(F)F)c4)cc3)n2)[nH]n1. The highest BCUT2D eigenvalue weighted by Gasteiger charge is 2.33. The third-order valence-electron chi connectivity index (χ3n) is 4.87. The number of nitrogens with zero attached hydrogens (tertiary/aromatic N) is 3. The molecule has 0 aliphatic rings. The first-order valence-corrected chi connectivity index (χ1v) is 11.0. The van der Waals surface area contributed by atoms with Crippen molar-refractivity contribution in [3.8, 4) is 17.3 Å². The summed E-state index contributed by atoms with van der Waals surface area (Å²) in [5, 5.41) is 11.1. The van der Waals surface area contributed by atoms with Crippen LogP contribution in [-0.4, -0.2) is 32.2 Å². The van der Waals surface area contributed by atoms with Crippen LogP contribution in [-0.2, 0) is 17.4 Å². The van der Waals surface area contributed by atoms with Gasteiger partial charge in [0.15, 0.2) is 5.82 Å². The Hall–Kier alpha value is -4.45. The highest BCUT2D eigenvalue weighted by molar-refractivity contribution is 6.31. The molecule has 0 saturated carbocycles. The van der Waals surface area contributed by atoms with Crippen molar-refractivity contribution in [3.05, 3.63) is 82.8 Å². The zero-order valence-corrected chi connectivity index (χ0v) is 19.8. The molecular weight excluding hydrogens is 513 g/mol. The molecule has 0 spiro atoms. The Morgan fingerprint density at radius 3 is 2.43 bits per heavy atom. The van der Waals surface area contributed by atoms with Crippen molar-refractivity contribution in [3.63, 3.8) is 0 Å². The number of hydrogen-bond acceptors (Lipinski definition) is 6. The summed E-state index contributed by atoms with van der Waals surface area (Å²) in [6.45, 7) is 1.28. The number of aromatic nitrogens is 4. The Balaban J connectivity index is 1.39. The summed E-state index contributed by atoms with van der Waals surface area (Å²) in [4.78, 5) is 32.1. The molecule has 0 atom stereocenters. The first kappa shape index (κ1) is 25.6. The highest BCUT2D eigenvalue weighted by Crippen LogP contribution is 2.36. The van der Waals surface area contributed by atoms with E-state index in [1.165, 1.54) is 13.0 Å². The van der Waals surface area contributed by atoms with Crippen LogP contribution in [0.15, 0.2) is 60.8 Å². The molecule has 0 saturated heterocycles. The zero-order chi connectivity index (χ0) is 26.6. The van der Waals surface area contributed by atoms with Gasteiger partial charge in [-0.1, -0.05) is 11.6 Å². The molecule has 0 aliphatic carbocycles. The number of aromatic amines is 1. The predicted molar refractivity (Wildman–Crippen MR) is 129 cm³/mol. The Labute approximate surface area is 213 Å². The molecule has 0 radical (unpaired) electrons. The molecular formula is C24H18ClF3N6O3. The lowest BCUT2D eigenvalue weighted by molar-refractivity contribution is -0.137. The number of carbonyl (C=O) groups is 2. The van der Waals surface area contributed by atoms with Gasteiger partial charge in [-0.3, -0.25) is 9.89 Å². The van der Waals surface area contributed by atoms with E-state index in [0.717, 1.165) is 12.1 Å². The normalized spacial score (nSPS) is 11.2. The molecule has 0 fully saturated rings. The van der Waals surface area contributed by atoms with Crippen molar-refractivity contribution < 1.29 is 27.5 Å². The fourth-order valence-electron chi connectivity index (χ4n) is 3.28. The molecule has 2 aromatic heterocycles. The monoisotopic (exact) mass is 530 g/mol. The van der Waals surface area contributed by atoms with Crippen molar-refractivity contribution in [2.45, 2.75) is 19.5 Å². The molecule has 3 N–H and O–H groups in total. The highest BCUT2D eigenvalue weighted by atomic mass is 35.5. The van der Waals surface area contributed by atoms with Gasteiger partial charge in [-0.05, 0) is 48.5 Å². The van der Waals surface area contributed by atoms with E-state index in [9.17, 15) is 22.8 Å². The van der Waals surface area contributed by atoms with Crippen molar-refractivity contribution >= 4 is 35.0 Å². The maximum absolute atomic E-state index is 13.0. The summed E-state index contributed by atoms with van der Waals surface area (Å²) >= 11 is 5.60. The summed E-state index contributed by atoms with van der Waals surface area (Å²) in [5.74, 6) is 0.133. The molecule has 4 aromatic rings. The first-order valence-electron chi connectivity index (χ1n) is 10.7. The topological polar surface area (TPSA) is 122 Å². The van der Waals surface area contributed by atoms with E-state index in [2.05, 4.69) is 30.8 Å². The van der Waals surface area contributed by atoms with Gasteiger partial charge in [-0.25, -0.2) is 14.8 Å². The number of amides is 2. The average molecular weight is 531 g/mol. The fourth-order valence-corrected chi connectivity index (χ4v) is 3.50. The minimum absolute atomic E-state index is 0.0618. The molecule has 2 aromatic carbocycles. The van der Waals surface area contributed by atoms with Crippen molar-refractivity contribution in [1.29, 1.82) is 0 Å². The van der Waals surface area contributed by atoms with Gasteiger partial charge in [0, 0.05) is 48.2 Å². The second-order valence-corrected chi connectivity index (χ2v) is 8.13. The van der Waals surface area contributed by atoms with E-state index < -0.39 is 28.8 Å². The maximum atomic E-state index is 13.0. The Bertz CT molecular complexity index is 1440. The number of nitrogens with one attached hydrogen (secondary N) is 3. The van der Waals surface area contributed by atoms with Crippen LogP contribution in [0.2, 0.25) is 5.02 Å². The Morgan fingerprint density at radius 1 is 1.03 bits per heavy atom. The van der Waals surface area contributed by atoms with Crippen molar-refractivity contribution in [1.82, 2.24) is 20.2 Å². The van der Waals surface area contributed by atoms with Crippen LogP contribution in [0, 0.1) is 0 Å². The number of alkyl halides is 3. The number of H-pyrrole nitrogens is 1. The predicted octanol–water partition coefficient (Wildman–Crippen LogP) is 5.70. The molecule has 0 unspecified atom stereocenters. The number of ether oxygens (including phenoxy) is 1. The molecule has 9 nitrogen and oxygen atoms in total. The number of carbonyl (C=O) groups excluding carboxylic acids is 2. The number of esters is 1. The molecule has 0 bridgehead atoms. The van der Waals surface area contributed by atoms with Gasteiger partial charge in [0.2, 0.25) is 5.88 Å². The minimum atomic E-state index is -4.65. The van der Waals surface area contributed by atoms with Crippen LogP contribution >= 0.6 is 11.6 Å². The second kappa shape index (κ2) is 10.7. The third kappa shape index (κ3) is 6.82. The number of rotatable bonds is 6. The molecule has 190 valence electrons. The lowest BCUT2D eigenvalue weighted by Gasteiger charge is -2.12. The summed E-state index contributed by atoms with van der Waals surface area (Å²) in [6.07, 6.45) is -2.65. The number of hydrogen-bond donors (Lipinski definition) is 3. The van der Waals surface area contributed by atoms with Crippen LogP contribution in [0.25, 0.3) is 11.4 Å². The molecule has 37 heavy (non-hydrogen) atoms. The standard InChI is InChI=1S/C24H18ClF3N6O3/c1-13(35)37-21-12-18(33-34-21)10-17-8-9-29-22(30-17)14-2-4-15(5-3-14)31-23(36)32-16-6-7-20(25)19(11-16)24(26,27)28/h2-9,11-12H,10H2,1H3,(H,33,34)(H2,31,32,36). The fraction of sp³-hybridized carbons (Fsp3) is 0.125. The number of urea groups is 1. The van der Waals surface area contributed by atoms with Crippen LogP contribution in [0.5, 0.6) is 5.88 Å². The molecule has 2 heterocycles.